The van der Waals surface area contributed by atoms with E-state index in [0.29, 0.717) is 25.5 Å². The molecule has 2 fully saturated rings. The fourth-order valence-corrected chi connectivity index (χ4v) is 4.54. The lowest BCUT2D eigenvalue weighted by molar-refractivity contribution is 0.0258. The lowest BCUT2D eigenvalue weighted by Gasteiger charge is -2.34. The van der Waals surface area contributed by atoms with E-state index in [9.17, 15) is 9.90 Å². The molecule has 0 spiro atoms. The van der Waals surface area contributed by atoms with Crippen LogP contribution in [-0.4, -0.2) is 47.9 Å². The predicted octanol–water partition coefficient (Wildman–Crippen LogP) is 3.99. The van der Waals surface area contributed by atoms with Gasteiger partial charge in [-0.05, 0) is 42.9 Å². The molecule has 0 aliphatic carbocycles. The number of hydrogen-bond acceptors (Lipinski definition) is 3. The molecule has 2 aromatic rings. The molecule has 5 heteroatoms. The fraction of sp³-hybridized carbons (Fsp3) is 0.458. The Balaban J connectivity index is 1.40. The zero-order valence-corrected chi connectivity index (χ0v) is 17.0. The summed E-state index contributed by atoms with van der Waals surface area (Å²) in [4.78, 5) is 14.8. The number of hydrogen-bond donors (Lipinski definition) is 2. The smallest absolute Gasteiger partial charge is 0.318 e. The molecule has 2 aromatic carbocycles. The van der Waals surface area contributed by atoms with E-state index >= 15 is 0 Å². The molecule has 154 valence electrons. The van der Waals surface area contributed by atoms with Gasteiger partial charge in [-0.25, -0.2) is 4.79 Å². The molecule has 0 saturated carbocycles. The number of aliphatic hydroxyl groups excluding tert-OH is 1. The number of nitrogens with zero attached hydrogens (tertiary/aromatic N) is 1. The van der Waals surface area contributed by atoms with Gasteiger partial charge >= 0.3 is 6.03 Å². The SMILES string of the molecule is CC(NC(=O)N1CC(O)CC1C1CCCOC1)c1ccc(-c2ccccc2)cc1. The van der Waals surface area contributed by atoms with Crippen LogP contribution in [0.15, 0.2) is 54.6 Å². The molecule has 0 bridgehead atoms. The molecule has 5 nitrogen and oxygen atoms in total. The minimum atomic E-state index is -0.451. The summed E-state index contributed by atoms with van der Waals surface area (Å²) < 4.78 is 5.62. The molecule has 2 aliphatic rings. The van der Waals surface area contributed by atoms with E-state index in [1.54, 1.807) is 0 Å². The molecular weight excluding hydrogens is 364 g/mol. The van der Waals surface area contributed by atoms with Crippen molar-refractivity contribution in [2.24, 2.45) is 5.92 Å². The van der Waals surface area contributed by atoms with Crippen molar-refractivity contribution in [1.29, 1.82) is 0 Å². The molecule has 4 unspecified atom stereocenters. The highest BCUT2D eigenvalue weighted by Crippen LogP contribution is 2.30. The molecule has 0 radical (unpaired) electrons. The van der Waals surface area contributed by atoms with Gasteiger partial charge in [0, 0.05) is 25.1 Å². The molecule has 2 heterocycles. The Morgan fingerprint density at radius 1 is 1.14 bits per heavy atom. The number of aliphatic hydroxyl groups is 1. The van der Waals surface area contributed by atoms with Gasteiger partial charge in [0.05, 0.1) is 18.8 Å². The van der Waals surface area contributed by atoms with Gasteiger partial charge in [-0.1, -0.05) is 54.6 Å². The summed E-state index contributed by atoms with van der Waals surface area (Å²) in [5, 5.41) is 13.3. The molecular formula is C24H30N2O3. The Kier molecular flexibility index (Phi) is 6.16. The van der Waals surface area contributed by atoms with Crippen molar-refractivity contribution in [1.82, 2.24) is 10.2 Å². The Hall–Kier alpha value is -2.37. The van der Waals surface area contributed by atoms with Crippen LogP contribution in [0.25, 0.3) is 11.1 Å². The zero-order valence-electron chi connectivity index (χ0n) is 17.0. The summed E-state index contributed by atoms with van der Waals surface area (Å²) in [5.74, 6) is 0.312. The highest BCUT2D eigenvalue weighted by Gasteiger charge is 2.40. The second-order valence-electron chi connectivity index (χ2n) is 8.25. The van der Waals surface area contributed by atoms with Crippen LogP contribution in [-0.2, 0) is 4.74 Å². The first-order valence-electron chi connectivity index (χ1n) is 10.6. The number of benzene rings is 2. The van der Waals surface area contributed by atoms with Gasteiger partial charge in [0.25, 0.3) is 0 Å². The van der Waals surface area contributed by atoms with Gasteiger partial charge in [0.15, 0.2) is 0 Å². The number of urea groups is 1. The summed E-state index contributed by atoms with van der Waals surface area (Å²) in [7, 11) is 0. The van der Waals surface area contributed by atoms with Crippen LogP contribution in [0.2, 0.25) is 0 Å². The van der Waals surface area contributed by atoms with Crippen LogP contribution in [0, 0.1) is 5.92 Å². The number of likely N-dealkylation sites (tertiary alicyclic amines) is 1. The summed E-state index contributed by atoms with van der Waals surface area (Å²) in [5.41, 5.74) is 3.41. The van der Waals surface area contributed by atoms with Gasteiger partial charge in [-0.3, -0.25) is 0 Å². The number of β-amino-alcohol motifs (C(OH)–C–C–N with tert-alkyl or cyclic N) is 1. The number of carbonyl (C=O) groups excluding carboxylic acids is 1. The molecule has 2 aliphatic heterocycles. The van der Waals surface area contributed by atoms with E-state index < -0.39 is 6.10 Å². The van der Waals surface area contributed by atoms with Crippen molar-refractivity contribution in [3.8, 4) is 11.1 Å². The van der Waals surface area contributed by atoms with Crippen molar-refractivity contribution >= 4 is 6.03 Å². The van der Waals surface area contributed by atoms with E-state index in [4.69, 9.17) is 4.74 Å². The van der Waals surface area contributed by atoms with Crippen LogP contribution in [0.1, 0.15) is 37.8 Å². The summed E-state index contributed by atoms with van der Waals surface area (Å²) >= 11 is 0. The van der Waals surface area contributed by atoms with Gasteiger partial charge in [0.2, 0.25) is 0 Å². The summed E-state index contributed by atoms with van der Waals surface area (Å²) in [6, 6.07) is 18.4. The van der Waals surface area contributed by atoms with Crippen LogP contribution >= 0.6 is 0 Å². The first-order valence-corrected chi connectivity index (χ1v) is 10.6. The maximum Gasteiger partial charge on any atom is 0.318 e. The maximum atomic E-state index is 13.0. The molecule has 2 saturated heterocycles. The second kappa shape index (κ2) is 8.97. The minimum absolute atomic E-state index is 0.0537. The van der Waals surface area contributed by atoms with Crippen molar-refractivity contribution < 1.29 is 14.6 Å². The van der Waals surface area contributed by atoms with E-state index in [1.807, 2.05) is 30.0 Å². The third-order valence-corrected chi connectivity index (χ3v) is 6.18. The Bertz CT molecular complexity index is 803. The normalized spacial score (nSPS) is 25.6. The average Bonchev–Trinajstić information content (AvgIpc) is 3.17. The van der Waals surface area contributed by atoms with Crippen molar-refractivity contribution in [3.63, 3.8) is 0 Å². The lowest BCUT2D eigenvalue weighted by Crippen LogP contribution is -2.48. The molecule has 2 amide bonds. The quantitative estimate of drug-likeness (QED) is 0.824. The van der Waals surface area contributed by atoms with Crippen LogP contribution in [0.3, 0.4) is 0 Å². The monoisotopic (exact) mass is 394 g/mol. The zero-order chi connectivity index (χ0) is 20.2. The molecule has 4 rings (SSSR count). The van der Waals surface area contributed by atoms with Crippen LogP contribution in [0.4, 0.5) is 4.79 Å². The van der Waals surface area contributed by atoms with E-state index in [0.717, 1.165) is 30.6 Å². The summed E-state index contributed by atoms with van der Waals surface area (Å²) in [6.45, 7) is 3.87. The first-order chi connectivity index (χ1) is 14.1. The standard InChI is InChI=1S/C24H30N2O3/c1-17(18-9-11-20(12-10-18)19-6-3-2-4-7-19)25-24(28)26-15-22(27)14-23(26)21-8-5-13-29-16-21/h2-4,6-7,9-12,17,21-23,27H,5,8,13-16H2,1H3,(H,25,28). The number of nitrogens with one attached hydrogen (secondary N) is 1. The van der Waals surface area contributed by atoms with Gasteiger partial charge < -0.3 is 20.1 Å². The minimum Gasteiger partial charge on any atom is -0.391 e. The largest absolute Gasteiger partial charge is 0.391 e. The van der Waals surface area contributed by atoms with Crippen molar-refractivity contribution in [3.05, 3.63) is 60.2 Å². The van der Waals surface area contributed by atoms with Crippen LogP contribution < -0.4 is 5.32 Å². The van der Waals surface area contributed by atoms with Gasteiger partial charge in [0.1, 0.15) is 0 Å². The molecule has 4 atom stereocenters. The van der Waals surface area contributed by atoms with Crippen molar-refractivity contribution in [2.45, 2.75) is 44.4 Å². The predicted molar refractivity (Wildman–Crippen MR) is 113 cm³/mol. The molecule has 0 aromatic heterocycles. The average molecular weight is 395 g/mol. The third kappa shape index (κ3) is 4.62. The number of rotatable bonds is 4. The van der Waals surface area contributed by atoms with Gasteiger partial charge in [-0.15, -0.1) is 0 Å². The van der Waals surface area contributed by atoms with E-state index in [1.165, 1.54) is 5.56 Å². The Morgan fingerprint density at radius 3 is 2.55 bits per heavy atom. The fourth-order valence-electron chi connectivity index (χ4n) is 4.54. The third-order valence-electron chi connectivity index (χ3n) is 6.18. The number of amides is 2. The van der Waals surface area contributed by atoms with Gasteiger partial charge in [-0.2, -0.15) is 0 Å². The Morgan fingerprint density at radius 2 is 1.86 bits per heavy atom. The highest BCUT2D eigenvalue weighted by molar-refractivity contribution is 5.75. The van der Waals surface area contributed by atoms with Crippen molar-refractivity contribution in [2.75, 3.05) is 19.8 Å². The number of ether oxygens (including phenoxy) is 1. The highest BCUT2D eigenvalue weighted by atomic mass is 16.5. The summed E-state index contributed by atoms with van der Waals surface area (Å²) in [6.07, 6.45) is 2.27. The van der Waals surface area contributed by atoms with Crippen LogP contribution in [0.5, 0.6) is 0 Å². The number of carbonyl (C=O) groups is 1. The van der Waals surface area contributed by atoms with E-state index in [2.05, 4.69) is 41.7 Å². The first kappa shape index (κ1) is 19.9. The lowest BCUT2D eigenvalue weighted by atomic mass is 9.92. The molecule has 2 N–H and O–H groups in total. The maximum absolute atomic E-state index is 13.0. The topological polar surface area (TPSA) is 61.8 Å². The van der Waals surface area contributed by atoms with E-state index in [-0.39, 0.29) is 18.1 Å². The Labute approximate surface area is 172 Å². The second-order valence-corrected chi connectivity index (χ2v) is 8.25. The molecule has 29 heavy (non-hydrogen) atoms.